The summed E-state index contributed by atoms with van der Waals surface area (Å²) in [7, 11) is 0. The second kappa shape index (κ2) is 5.47. The van der Waals surface area contributed by atoms with Gasteiger partial charge >= 0.3 is 0 Å². The van der Waals surface area contributed by atoms with Crippen molar-refractivity contribution in [1.82, 2.24) is 9.97 Å². The smallest absolute Gasteiger partial charge is 0.159 e. The molecule has 0 aliphatic carbocycles. The van der Waals surface area contributed by atoms with Gasteiger partial charge in [-0.2, -0.15) is 0 Å². The standard InChI is InChI=1S/C15H19N3O/c1-9-4-5-12(10(2)6-9)13-7-11(3)17-15(18-13)14(19)8-16/h4-7,14,19H,8,16H2,1-3H3. The minimum atomic E-state index is -0.815. The first-order chi connectivity index (χ1) is 9.01. The second-order valence-corrected chi connectivity index (χ2v) is 4.82. The summed E-state index contributed by atoms with van der Waals surface area (Å²) in [5, 5.41) is 9.79. The van der Waals surface area contributed by atoms with E-state index in [1.165, 1.54) is 5.56 Å². The van der Waals surface area contributed by atoms with Gasteiger partial charge in [0.1, 0.15) is 6.10 Å². The van der Waals surface area contributed by atoms with Crippen molar-refractivity contribution in [3.63, 3.8) is 0 Å². The number of aromatic nitrogens is 2. The molecule has 1 unspecified atom stereocenters. The first-order valence-corrected chi connectivity index (χ1v) is 6.32. The molecule has 1 aromatic carbocycles. The number of aryl methyl sites for hydroxylation is 3. The number of aliphatic hydroxyl groups is 1. The zero-order valence-electron chi connectivity index (χ0n) is 11.5. The Hall–Kier alpha value is -1.78. The van der Waals surface area contributed by atoms with E-state index < -0.39 is 6.10 Å². The highest BCUT2D eigenvalue weighted by atomic mass is 16.3. The molecule has 0 aliphatic heterocycles. The summed E-state index contributed by atoms with van der Waals surface area (Å²) >= 11 is 0. The fourth-order valence-corrected chi connectivity index (χ4v) is 2.08. The molecule has 1 aromatic heterocycles. The molecule has 1 heterocycles. The summed E-state index contributed by atoms with van der Waals surface area (Å²) < 4.78 is 0. The molecule has 0 saturated carbocycles. The predicted octanol–water partition coefficient (Wildman–Crippen LogP) is 2.06. The van der Waals surface area contributed by atoms with Gasteiger partial charge in [-0.15, -0.1) is 0 Å². The average molecular weight is 257 g/mol. The number of benzene rings is 1. The first-order valence-electron chi connectivity index (χ1n) is 6.32. The summed E-state index contributed by atoms with van der Waals surface area (Å²) in [6, 6.07) is 8.14. The van der Waals surface area contributed by atoms with E-state index in [1.807, 2.05) is 19.1 Å². The highest BCUT2D eigenvalue weighted by molar-refractivity contribution is 5.64. The number of nitrogens with zero attached hydrogens (tertiary/aromatic N) is 2. The van der Waals surface area contributed by atoms with E-state index in [9.17, 15) is 5.11 Å². The van der Waals surface area contributed by atoms with Gasteiger partial charge in [0.15, 0.2) is 5.82 Å². The maximum atomic E-state index is 9.79. The highest BCUT2D eigenvalue weighted by Gasteiger charge is 2.12. The lowest BCUT2D eigenvalue weighted by atomic mass is 10.0. The first kappa shape index (κ1) is 13.6. The molecule has 0 spiro atoms. The molecule has 3 N–H and O–H groups in total. The van der Waals surface area contributed by atoms with Gasteiger partial charge in [-0.25, -0.2) is 9.97 Å². The van der Waals surface area contributed by atoms with Gasteiger partial charge in [0.2, 0.25) is 0 Å². The minimum absolute atomic E-state index is 0.121. The second-order valence-electron chi connectivity index (χ2n) is 4.82. The lowest BCUT2D eigenvalue weighted by molar-refractivity contribution is 0.176. The van der Waals surface area contributed by atoms with E-state index in [0.29, 0.717) is 5.82 Å². The van der Waals surface area contributed by atoms with Crippen LogP contribution >= 0.6 is 0 Å². The van der Waals surface area contributed by atoms with Crippen molar-refractivity contribution in [2.45, 2.75) is 26.9 Å². The molecule has 100 valence electrons. The quantitative estimate of drug-likeness (QED) is 0.882. The van der Waals surface area contributed by atoms with E-state index in [-0.39, 0.29) is 6.54 Å². The lowest BCUT2D eigenvalue weighted by Crippen LogP contribution is -2.15. The van der Waals surface area contributed by atoms with Crippen LogP contribution in [0.2, 0.25) is 0 Å². The van der Waals surface area contributed by atoms with Crippen molar-refractivity contribution >= 4 is 0 Å². The molecule has 0 fully saturated rings. The van der Waals surface area contributed by atoms with Crippen LogP contribution in [0.15, 0.2) is 24.3 Å². The van der Waals surface area contributed by atoms with Gasteiger partial charge in [0, 0.05) is 17.8 Å². The normalized spacial score (nSPS) is 12.5. The van der Waals surface area contributed by atoms with Crippen LogP contribution < -0.4 is 5.73 Å². The highest BCUT2D eigenvalue weighted by Crippen LogP contribution is 2.24. The van der Waals surface area contributed by atoms with Crippen LogP contribution in [0.3, 0.4) is 0 Å². The third kappa shape index (κ3) is 2.97. The number of nitrogens with two attached hydrogens (primary N) is 1. The minimum Gasteiger partial charge on any atom is -0.384 e. The third-order valence-corrected chi connectivity index (χ3v) is 3.05. The summed E-state index contributed by atoms with van der Waals surface area (Å²) in [5.41, 5.74) is 10.5. The molecule has 0 aliphatic rings. The fourth-order valence-electron chi connectivity index (χ4n) is 2.08. The van der Waals surface area contributed by atoms with Crippen LogP contribution in [0.1, 0.15) is 28.7 Å². The van der Waals surface area contributed by atoms with Crippen molar-refractivity contribution < 1.29 is 5.11 Å². The maximum absolute atomic E-state index is 9.79. The Morgan fingerprint density at radius 1 is 1.16 bits per heavy atom. The fraction of sp³-hybridized carbons (Fsp3) is 0.333. The zero-order chi connectivity index (χ0) is 14.0. The van der Waals surface area contributed by atoms with Crippen molar-refractivity contribution in [1.29, 1.82) is 0 Å². The average Bonchev–Trinajstić information content (AvgIpc) is 2.37. The van der Waals surface area contributed by atoms with Gasteiger partial charge in [-0.05, 0) is 32.4 Å². The number of hydrogen-bond acceptors (Lipinski definition) is 4. The van der Waals surface area contributed by atoms with Crippen molar-refractivity contribution in [3.05, 3.63) is 46.9 Å². The predicted molar refractivity (Wildman–Crippen MR) is 75.7 cm³/mol. The zero-order valence-corrected chi connectivity index (χ0v) is 11.5. The van der Waals surface area contributed by atoms with Gasteiger partial charge in [0.05, 0.1) is 5.69 Å². The van der Waals surface area contributed by atoms with E-state index in [0.717, 1.165) is 22.5 Å². The molecule has 4 nitrogen and oxygen atoms in total. The Morgan fingerprint density at radius 2 is 1.89 bits per heavy atom. The van der Waals surface area contributed by atoms with Crippen LogP contribution in [0.4, 0.5) is 0 Å². The third-order valence-electron chi connectivity index (χ3n) is 3.05. The molecule has 2 rings (SSSR count). The van der Waals surface area contributed by atoms with Gasteiger partial charge in [-0.1, -0.05) is 23.8 Å². The molecule has 2 aromatic rings. The molecular weight excluding hydrogens is 238 g/mol. The molecule has 0 amide bonds. The summed E-state index contributed by atoms with van der Waals surface area (Å²) in [6.45, 7) is 6.13. The van der Waals surface area contributed by atoms with Crippen LogP contribution in [-0.2, 0) is 0 Å². The Labute approximate surface area is 113 Å². The molecule has 19 heavy (non-hydrogen) atoms. The van der Waals surface area contributed by atoms with Crippen molar-refractivity contribution in [3.8, 4) is 11.3 Å². The Kier molecular flexibility index (Phi) is 3.93. The van der Waals surface area contributed by atoms with Crippen LogP contribution in [0, 0.1) is 20.8 Å². The molecule has 1 atom stereocenters. The van der Waals surface area contributed by atoms with E-state index in [2.05, 4.69) is 35.9 Å². The van der Waals surface area contributed by atoms with Crippen LogP contribution in [-0.4, -0.2) is 21.6 Å². The van der Waals surface area contributed by atoms with Gasteiger partial charge in [-0.3, -0.25) is 0 Å². The Balaban J connectivity index is 2.53. The maximum Gasteiger partial charge on any atom is 0.159 e. The van der Waals surface area contributed by atoms with E-state index >= 15 is 0 Å². The number of rotatable bonds is 3. The molecule has 0 radical (unpaired) electrons. The van der Waals surface area contributed by atoms with Gasteiger partial charge in [0.25, 0.3) is 0 Å². The van der Waals surface area contributed by atoms with E-state index in [1.54, 1.807) is 0 Å². The van der Waals surface area contributed by atoms with Gasteiger partial charge < -0.3 is 10.8 Å². The monoisotopic (exact) mass is 257 g/mol. The van der Waals surface area contributed by atoms with E-state index in [4.69, 9.17) is 5.73 Å². The Bertz CT molecular complexity index is 596. The van der Waals surface area contributed by atoms with Crippen molar-refractivity contribution in [2.75, 3.05) is 6.54 Å². The Morgan fingerprint density at radius 3 is 2.53 bits per heavy atom. The topological polar surface area (TPSA) is 72.0 Å². The summed E-state index contributed by atoms with van der Waals surface area (Å²) in [5.74, 6) is 0.387. The molecule has 0 saturated heterocycles. The van der Waals surface area contributed by atoms with Crippen LogP contribution in [0.5, 0.6) is 0 Å². The lowest BCUT2D eigenvalue weighted by Gasteiger charge is -2.11. The summed E-state index contributed by atoms with van der Waals surface area (Å²) in [6.07, 6.45) is -0.815. The molecular formula is C15H19N3O. The molecule has 0 bridgehead atoms. The largest absolute Gasteiger partial charge is 0.384 e. The summed E-state index contributed by atoms with van der Waals surface area (Å²) in [4.78, 5) is 8.66. The molecule has 4 heteroatoms. The van der Waals surface area contributed by atoms with Crippen LogP contribution in [0.25, 0.3) is 11.3 Å². The SMILES string of the molecule is Cc1ccc(-c2cc(C)nc(C(O)CN)n2)c(C)c1. The van der Waals surface area contributed by atoms with Crippen molar-refractivity contribution in [2.24, 2.45) is 5.73 Å². The number of aliphatic hydroxyl groups excluding tert-OH is 1. The number of hydrogen-bond donors (Lipinski definition) is 2.